The lowest BCUT2D eigenvalue weighted by Crippen LogP contribution is -2.44. The van der Waals surface area contributed by atoms with E-state index in [-0.39, 0.29) is 29.5 Å². The Hall–Kier alpha value is -2.11. The fraction of sp³-hybridized carbons (Fsp3) is 0.579. The number of carbonyl (C=O) groups is 2. The van der Waals surface area contributed by atoms with Crippen molar-refractivity contribution in [3.63, 3.8) is 0 Å². The zero-order chi connectivity index (χ0) is 17.8. The van der Waals surface area contributed by atoms with Gasteiger partial charge in [0.25, 0.3) is 0 Å². The molecular weight excluding hydrogens is 323 g/mol. The van der Waals surface area contributed by atoms with Crippen LogP contribution in [-0.2, 0) is 9.59 Å². The van der Waals surface area contributed by atoms with E-state index in [4.69, 9.17) is 4.74 Å². The predicted molar refractivity (Wildman–Crippen MR) is 91.6 cm³/mol. The highest BCUT2D eigenvalue weighted by Crippen LogP contribution is 2.24. The molecular formula is C19H25FN2O3. The molecule has 0 saturated carbocycles. The van der Waals surface area contributed by atoms with E-state index in [2.05, 4.69) is 0 Å². The first-order valence-electron chi connectivity index (χ1n) is 9.01. The van der Waals surface area contributed by atoms with Gasteiger partial charge in [-0.05, 0) is 44.0 Å². The average Bonchev–Trinajstić information content (AvgIpc) is 3.01. The molecule has 2 aliphatic heterocycles. The van der Waals surface area contributed by atoms with Crippen molar-refractivity contribution in [2.75, 3.05) is 32.8 Å². The molecule has 2 aliphatic rings. The third-order valence-electron chi connectivity index (χ3n) is 5.08. The molecule has 1 aromatic carbocycles. The molecule has 2 heterocycles. The van der Waals surface area contributed by atoms with E-state index in [0.717, 1.165) is 19.4 Å². The second-order valence-electron chi connectivity index (χ2n) is 6.89. The van der Waals surface area contributed by atoms with E-state index in [1.807, 2.05) is 11.8 Å². The van der Waals surface area contributed by atoms with Gasteiger partial charge in [-0.3, -0.25) is 9.59 Å². The first-order chi connectivity index (χ1) is 12.1. The van der Waals surface area contributed by atoms with Gasteiger partial charge in [-0.2, -0.15) is 0 Å². The van der Waals surface area contributed by atoms with E-state index in [1.165, 1.54) is 12.1 Å². The molecule has 25 heavy (non-hydrogen) atoms. The summed E-state index contributed by atoms with van der Waals surface area (Å²) >= 11 is 0. The summed E-state index contributed by atoms with van der Waals surface area (Å²) in [5.74, 6) is 0.593. The highest BCUT2D eigenvalue weighted by atomic mass is 19.1. The Morgan fingerprint density at radius 2 is 2.04 bits per heavy atom. The van der Waals surface area contributed by atoms with Gasteiger partial charge in [0.15, 0.2) is 0 Å². The van der Waals surface area contributed by atoms with Gasteiger partial charge in [0.2, 0.25) is 11.8 Å². The summed E-state index contributed by atoms with van der Waals surface area (Å²) in [7, 11) is 0. The van der Waals surface area contributed by atoms with Crippen molar-refractivity contribution >= 4 is 11.8 Å². The Balaban J connectivity index is 1.51. The molecule has 0 radical (unpaired) electrons. The summed E-state index contributed by atoms with van der Waals surface area (Å²) in [6.07, 6.45) is 2.29. The topological polar surface area (TPSA) is 49.9 Å². The Bertz CT molecular complexity index is 620. The summed E-state index contributed by atoms with van der Waals surface area (Å²) < 4.78 is 18.7. The molecule has 0 unspecified atom stereocenters. The highest BCUT2D eigenvalue weighted by Gasteiger charge is 2.37. The van der Waals surface area contributed by atoms with Crippen LogP contribution < -0.4 is 4.74 Å². The predicted octanol–water partition coefficient (Wildman–Crippen LogP) is 2.31. The van der Waals surface area contributed by atoms with E-state index >= 15 is 0 Å². The summed E-state index contributed by atoms with van der Waals surface area (Å²) in [6.45, 7) is 5.08. The van der Waals surface area contributed by atoms with Gasteiger partial charge in [-0.25, -0.2) is 4.39 Å². The lowest BCUT2D eigenvalue weighted by Gasteiger charge is -2.34. The molecule has 1 aromatic rings. The molecule has 136 valence electrons. The number of benzene rings is 1. The lowest BCUT2D eigenvalue weighted by molar-refractivity contribution is -0.137. The second kappa shape index (κ2) is 7.85. The largest absolute Gasteiger partial charge is 0.493 e. The minimum atomic E-state index is -0.283. The van der Waals surface area contributed by atoms with Crippen molar-refractivity contribution in [2.45, 2.75) is 26.2 Å². The number of rotatable bonds is 5. The fourth-order valence-corrected chi connectivity index (χ4v) is 3.65. The number of carbonyl (C=O) groups excluding carboxylic acids is 2. The number of hydrogen-bond donors (Lipinski definition) is 0. The first-order valence-corrected chi connectivity index (χ1v) is 9.01. The molecule has 2 saturated heterocycles. The molecule has 0 aliphatic carbocycles. The van der Waals surface area contributed by atoms with Crippen LogP contribution in [0.15, 0.2) is 24.3 Å². The molecule has 2 fully saturated rings. The maximum atomic E-state index is 12.9. The van der Waals surface area contributed by atoms with Crippen molar-refractivity contribution in [3.8, 4) is 5.75 Å². The van der Waals surface area contributed by atoms with Crippen molar-refractivity contribution in [3.05, 3.63) is 30.1 Å². The van der Waals surface area contributed by atoms with Gasteiger partial charge in [0.05, 0.1) is 12.5 Å². The van der Waals surface area contributed by atoms with Crippen molar-refractivity contribution in [1.29, 1.82) is 0 Å². The third kappa shape index (κ3) is 4.30. The van der Waals surface area contributed by atoms with Crippen molar-refractivity contribution in [1.82, 2.24) is 9.80 Å². The number of amides is 2. The van der Waals surface area contributed by atoms with Crippen LogP contribution >= 0.6 is 0 Å². The normalized spacial score (nSPS) is 23.8. The number of ether oxygens (including phenoxy) is 1. The van der Waals surface area contributed by atoms with Crippen LogP contribution in [0.1, 0.15) is 26.2 Å². The molecule has 5 nitrogen and oxygen atoms in total. The van der Waals surface area contributed by atoms with E-state index < -0.39 is 0 Å². The SMILES string of the molecule is CCN1C[C@@H](C(=O)N2CCC[C@H](COc3ccc(F)cc3)C2)CC1=O. The summed E-state index contributed by atoms with van der Waals surface area (Å²) in [4.78, 5) is 28.2. The lowest BCUT2D eigenvalue weighted by atomic mass is 9.97. The number of halogens is 1. The third-order valence-corrected chi connectivity index (χ3v) is 5.08. The molecule has 0 N–H and O–H groups in total. The first kappa shape index (κ1) is 17.7. The van der Waals surface area contributed by atoms with Gasteiger partial charge in [-0.15, -0.1) is 0 Å². The molecule has 2 atom stereocenters. The van der Waals surface area contributed by atoms with Crippen molar-refractivity contribution < 1.29 is 18.7 Å². The smallest absolute Gasteiger partial charge is 0.228 e. The number of likely N-dealkylation sites (tertiary alicyclic amines) is 2. The second-order valence-corrected chi connectivity index (χ2v) is 6.89. The van der Waals surface area contributed by atoms with Gasteiger partial charge >= 0.3 is 0 Å². The van der Waals surface area contributed by atoms with Crippen LogP contribution in [0.2, 0.25) is 0 Å². The fourth-order valence-electron chi connectivity index (χ4n) is 3.65. The monoisotopic (exact) mass is 348 g/mol. The van der Waals surface area contributed by atoms with E-state index in [9.17, 15) is 14.0 Å². The van der Waals surface area contributed by atoms with Crippen LogP contribution in [0.25, 0.3) is 0 Å². The van der Waals surface area contributed by atoms with Crippen LogP contribution in [0.4, 0.5) is 4.39 Å². The Kier molecular flexibility index (Phi) is 5.56. The van der Waals surface area contributed by atoms with Gasteiger partial charge in [-0.1, -0.05) is 0 Å². The molecule has 0 aromatic heterocycles. The van der Waals surface area contributed by atoms with Gasteiger partial charge in [0.1, 0.15) is 11.6 Å². The van der Waals surface area contributed by atoms with Gasteiger partial charge in [0, 0.05) is 38.5 Å². The standard InChI is InChI=1S/C19H25FN2O3/c1-2-21-12-15(10-18(21)23)19(24)22-9-3-4-14(11-22)13-25-17-7-5-16(20)6-8-17/h5-8,14-15H,2-4,9-13H2,1H3/t14-,15-/m0/s1. The molecule has 2 amide bonds. The minimum absolute atomic E-state index is 0.0778. The highest BCUT2D eigenvalue weighted by molar-refractivity contribution is 5.89. The van der Waals surface area contributed by atoms with Gasteiger partial charge < -0.3 is 14.5 Å². The quantitative estimate of drug-likeness (QED) is 0.820. The summed E-state index contributed by atoms with van der Waals surface area (Å²) in [5.41, 5.74) is 0. The van der Waals surface area contributed by atoms with E-state index in [0.29, 0.717) is 38.4 Å². The zero-order valence-corrected chi connectivity index (χ0v) is 14.6. The number of nitrogens with zero attached hydrogens (tertiary/aromatic N) is 2. The Morgan fingerprint density at radius 1 is 1.28 bits per heavy atom. The maximum absolute atomic E-state index is 12.9. The molecule has 0 bridgehead atoms. The maximum Gasteiger partial charge on any atom is 0.228 e. The van der Waals surface area contributed by atoms with Crippen LogP contribution in [0.3, 0.4) is 0 Å². The van der Waals surface area contributed by atoms with Crippen LogP contribution in [0.5, 0.6) is 5.75 Å². The molecule has 3 rings (SSSR count). The minimum Gasteiger partial charge on any atom is -0.493 e. The number of hydrogen-bond acceptors (Lipinski definition) is 3. The van der Waals surface area contributed by atoms with E-state index in [1.54, 1.807) is 17.0 Å². The Labute approximate surface area is 147 Å². The van der Waals surface area contributed by atoms with Crippen LogP contribution in [0, 0.1) is 17.7 Å². The average molecular weight is 348 g/mol. The summed E-state index contributed by atoms with van der Waals surface area (Å²) in [6, 6.07) is 5.99. The van der Waals surface area contributed by atoms with Crippen LogP contribution in [-0.4, -0.2) is 54.4 Å². The summed E-state index contributed by atoms with van der Waals surface area (Å²) in [5, 5.41) is 0. The number of piperidine rings is 1. The molecule has 0 spiro atoms. The van der Waals surface area contributed by atoms with Crippen molar-refractivity contribution in [2.24, 2.45) is 11.8 Å². The molecule has 6 heteroatoms. The Morgan fingerprint density at radius 3 is 2.72 bits per heavy atom. The zero-order valence-electron chi connectivity index (χ0n) is 14.6.